The molecule has 0 heterocycles. The van der Waals surface area contributed by atoms with Crippen LogP contribution in [0.2, 0.25) is 0 Å². The van der Waals surface area contributed by atoms with Gasteiger partial charge in [-0.25, -0.2) is 0 Å². The molecule has 0 unspecified atom stereocenters. The number of hydrogen-bond donors (Lipinski definition) is 2. The van der Waals surface area contributed by atoms with Crippen LogP contribution < -0.4 is 10.5 Å². The van der Waals surface area contributed by atoms with Gasteiger partial charge in [0.15, 0.2) is 11.5 Å². The van der Waals surface area contributed by atoms with Crippen LogP contribution in [0.1, 0.15) is 24.9 Å². The molecule has 0 saturated carbocycles. The Hall–Kier alpha value is -0.810. The number of phenols is 1. The van der Waals surface area contributed by atoms with E-state index >= 15 is 0 Å². The average molecular weight is 292 g/mol. The Labute approximate surface area is 103 Å². The molecule has 1 rings (SSSR count). The van der Waals surface area contributed by atoms with E-state index in [1.165, 1.54) is 0 Å². The second-order valence-electron chi connectivity index (χ2n) is 3.37. The third-order valence-corrected chi connectivity index (χ3v) is 2.80. The SMILES string of the molecule is CCOc1cc([C@H](N)CCF)cc(Br)c1O. The quantitative estimate of drug-likeness (QED) is 0.877. The summed E-state index contributed by atoms with van der Waals surface area (Å²) in [6, 6.07) is 2.93. The second-order valence-corrected chi connectivity index (χ2v) is 4.22. The van der Waals surface area contributed by atoms with Crippen molar-refractivity contribution >= 4 is 15.9 Å². The highest BCUT2D eigenvalue weighted by molar-refractivity contribution is 9.10. The smallest absolute Gasteiger partial charge is 0.172 e. The van der Waals surface area contributed by atoms with Crippen LogP contribution in [0.25, 0.3) is 0 Å². The van der Waals surface area contributed by atoms with Crippen molar-refractivity contribution in [3.63, 3.8) is 0 Å². The molecule has 0 aliphatic carbocycles. The highest BCUT2D eigenvalue weighted by atomic mass is 79.9. The molecule has 0 fully saturated rings. The zero-order valence-corrected chi connectivity index (χ0v) is 10.6. The summed E-state index contributed by atoms with van der Waals surface area (Å²) in [5, 5.41) is 9.68. The maximum Gasteiger partial charge on any atom is 0.172 e. The largest absolute Gasteiger partial charge is 0.503 e. The number of halogens is 2. The summed E-state index contributed by atoms with van der Waals surface area (Å²) in [4.78, 5) is 0. The van der Waals surface area contributed by atoms with E-state index in [1.54, 1.807) is 12.1 Å². The van der Waals surface area contributed by atoms with Crippen LogP contribution in [-0.4, -0.2) is 18.4 Å². The molecule has 0 saturated heterocycles. The van der Waals surface area contributed by atoms with Crippen molar-refractivity contribution in [2.75, 3.05) is 13.3 Å². The third kappa shape index (κ3) is 3.09. The number of alkyl halides is 1. The number of ether oxygens (including phenoxy) is 1. The van der Waals surface area contributed by atoms with Gasteiger partial charge in [0.1, 0.15) is 0 Å². The van der Waals surface area contributed by atoms with E-state index < -0.39 is 6.67 Å². The van der Waals surface area contributed by atoms with Crippen molar-refractivity contribution < 1.29 is 14.2 Å². The van der Waals surface area contributed by atoms with Gasteiger partial charge in [-0.15, -0.1) is 0 Å². The summed E-state index contributed by atoms with van der Waals surface area (Å²) in [5.41, 5.74) is 6.53. The van der Waals surface area contributed by atoms with Crippen molar-refractivity contribution in [1.82, 2.24) is 0 Å². The molecule has 5 heteroatoms. The summed E-state index contributed by atoms with van der Waals surface area (Å²) < 4.78 is 17.9. The molecule has 3 N–H and O–H groups in total. The standard InChI is InChI=1S/C11H15BrFNO2/c1-2-16-10-6-7(9(14)3-4-13)5-8(12)11(10)15/h5-6,9,15H,2-4,14H2,1H3/t9-/m1/s1. The van der Waals surface area contributed by atoms with Gasteiger partial charge in [-0.05, 0) is 47.0 Å². The minimum absolute atomic E-state index is 0.0399. The van der Waals surface area contributed by atoms with E-state index in [1.807, 2.05) is 6.92 Å². The fraction of sp³-hybridized carbons (Fsp3) is 0.455. The zero-order chi connectivity index (χ0) is 12.1. The van der Waals surface area contributed by atoms with E-state index in [-0.39, 0.29) is 18.2 Å². The van der Waals surface area contributed by atoms with E-state index in [0.29, 0.717) is 16.8 Å². The number of benzene rings is 1. The Balaban J connectivity index is 3.03. The normalized spacial score (nSPS) is 12.5. The molecule has 0 radical (unpaired) electrons. The molecule has 1 atom stereocenters. The molecule has 1 aromatic rings. The molecule has 16 heavy (non-hydrogen) atoms. The van der Waals surface area contributed by atoms with Crippen LogP contribution in [0, 0.1) is 0 Å². The summed E-state index contributed by atoms with van der Waals surface area (Å²) in [5.74, 6) is 0.402. The monoisotopic (exact) mass is 291 g/mol. The van der Waals surface area contributed by atoms with Crippen LogP contribution in [0.3, 0.4) is 0 Å². The summed E-state index contributed by atoms with van der Waals surface area (Å²) in [6.07, 6.45) is 0.253. The molecule has 90 valence electrons. The van der Waals surface area contributed by atoms with Crippen LogP contribution in [-0.2, 0) is 0 Å². The minimum atomic E-state index is -0.469. The first-order valence-electron chi connectivity index (χ1n) is 5.06. The summed E-state index contributed by atoms with van der Waals surface area (Å²) in [6.45, 7) is 1.80. The lowest BCUT2D eigenvalue weighted by Crippen LogP contribution is -2.11. The highest BCUT2D eigenvalue weighted by Gasteiger charge is 2.13. The predicted molar refractivity (Wildman–Crippen MR) is 64.5 cm³/mol. The van der Waals surface area contributed by atoms with Gasteiger partial charge >= 0.3 is 0 Å². The average Bonchev–Trinajstić information content (AvgIpc) is 2.25. The molecule has 0 aromatic heterocycles. The number of phenolic OH excluding ortho intramolecular Hbond substituents is 1. The van der Waals surface area contributed by atoms with Crippen molar-refractivity contribution in [3.05, 3.63) is 22.2 Å². The number of hydrogen-bond acceptors (Lipinski definition) is 3. The third-order valence-electron chi connectivity index (χ3n) is 2.20. The van der Waals surface area contributed by atoms with Gasteiger partial charge < -0.3 is 15.6 Å². The molecule has 0 bridgehead atoms. The van der Waals surface area contributed by atoms with Gasteiger partial charge in [0.05, 0.1) is 17.8 Å². The van der Waals surface area contributed by atoms with E-state index in [2.05, 4.69) is 15.9 Å². The Morgan fingerprint density at radius 3 is 2.81 bits per heavy atom. The number of rotatable bonds is 5. The molecule has 0 spiro atoms. The molecule has 0 amide bonds. The summed E-state index contributed by atoms with van der Waals surface area (Å²) >= 11 is 3.21. The molecular formula is C11H15BrFNO2. The van der Waals surface area contributed by atoms with Crippen molar-refractivity contribution in [1.29, 1.82) is 0 Å². The Bertz CT molecular complexity index is 360. The second kappa shape index (κ2) is 6.06. The first kappa shape index (κ1) is 13.3. The Morgan fingerprint density at radius 1 is 1.56 bits per heavy atom. The van der Waals surface area contributed by atoms with Gasteiger partial charge in [0.25, 0.3) is 0 Å². The van der Waals surface area contributed by atoms with Crippen molar-refractivity contribution in [2.45, 2.75) is 19.4 Å². The van der Waals surface area contributed by atoms with Crippen LogP contribution in [0.15, 0.2) is 16.6 Å². The predicted octanol–water partition coefficient (Wildman–Crippen LogP) is 2.91. The van der Waals surface area contributed by atoms with Crippen molar-refractivity contribution in [3.8, 4) is 11.5 Å². The van der Waals surface area contributed by atoms with Crippen LogP contribution >= 0.6 is 15.9 Å². The maximum atomic E-state index is 12.2. The molecule has 0 aliphatic rings. The van der Waals surface area contributed by atoms with Gasteiger partial charge in [0, 0.05) is 6.04 Å². The van der Waals surface area contributed by atoms with Crippen LogP contribution in [0.5, 0.6) is 11.5 Å². The molecule has 3 nitrogen and oxygen atoms in total. The van der Waals surface area contributed by atoms with E-state index in [0.717, 1.165) is 5.56 Å². The number of aromatic hydroxyl groups is 1. The highest BCUT2D eigenvalue weighted by Crippen LogP contribution is 2.37. The van der Waals surface area contributed by atoms with Gasteiger partial charge in [-0.3, -0.25) is 4.39 Å². The van der Waals surface area contributed by atoms with E-state index in [9.17, 15) is 9.50 Å². The number of nitrogens with two attached hydrogens (primary N) is 1. The fourth-order valence-electron chi connectivity index (χ4n) is 1.36. The lowest BCUT2D eigenvalue weighted by atomic mass is 10.0. The lowest BCUT2D eigenvalue weighted by molar-refractivity contribution is 0.316. The zero-order valence-electron chi connectivity index (χ0n) is 9.04. The van der Waals surface area contributed by atoms with Gasteiger partial charge in [-0.1, -0.05) is 0 Å². The lowest BCUT2D eigenvalue weighted by Gasteiger charge is -2.14. The molecule has 1 aromatic carbocycles. The Kier molecular flexibility index (Phi) is 5.02. The first-order valence-corrected chi connectivity index (χ1v) is 5.86. The van der Waals surface area contributed by atoms with Crippen molar-refractivity contribution in [2.24, 2.45) is 5.73 Å². The maximum absolute atomic E-state index is 12.2. The fourth-order valence-corrected chi connectivity index (χ4v) is 1.82. The Morgan fingerprint density at radius 2 is 2.25 bits per heavy atom. The topological polar surface area (TPSA) is 55.5 Å². The minimum Gasteiger partial charge on any atom is -0.503 e. The van der Waals surface area contributed by atoms with Gasteiger partial charge in [0.2, 0.25) is 0 Å². The van der Waals surface area contributed by atoms with Crippen LogP contribution in [0.4, 0.5) is 4.39 Å². The van der Waals surface area contributed by atoms with E-state index in [4.69, 9.17) is 10.5 Å². The first-order chi connectivity index (χ1) is 7.60. The summed E-state index contributed by atoms with van der Waals surface area (Å²) in [7, 11) is 0. The molecule has 0 aliphatic heterocycles. The molecular weight excluding hydrogens is 277 g/mol. The van der Waals surface area contributed by atoms with Gasteiger partial charge in [-0.2, -0.15) is 0 Å².